The molecule has 5 heteroatoms. The molecule has 2 heterocycles. The SMILES string of the molecule is CC1c2ccsc2CCN1C(=O)COc1ccc(Br)cc1. The number of fused-ring (bicyclic) bond motifs is 1. The van der Waals surface area contributed by atoms with Crippen LogP contribution in [0.3, 0.4) is 0 Å². The van der Waals surface area contributed by atoms with Crippen molar-refractivity contribution in [1.82, 2.24) is 4.90 Å². The van der Waals surface area contributed by atoms with E-state index in [9.17, 15) is 4.79 Å². The van der Waals surface area contributed by atoms with Gasteiger partial charge in [-0.1, -0.05) is 15.9 Å². The fraction of sp³-hybridized carbons (Fsp3) is 0.312. The second-order valence-electron chi connectivity index (χ2n) is 5.05. The highest BCUT2D eigenvalue weighted by atomic mass is 79.9. The molecule has 2 aromatic rings. The van der Waals surface area contributed by atoms with E-state index in [-0.39, 0.29) is 18.6 Å². The maximum Gasteiger partial charge on any atom is 0.261 e. The number of hydrogen-bond acceptors (Lipinski definition) is 3. The van der Waals surface area contributed by atoms with Gasteiger partial charge in [-0.15, -0.1) is 11.3 Å². The highest BCUT2D eigenvalue weighted by Crippen LogP contribution is 2.32. The van der Waals surface area contributed by atoms with Crippen molar-refractivity contribution < 1.29 is 9.53 Å². The van der Waals surface area contributed by atoms with Crippen LogP contribution in [0, 0.1) is 0 Å². The van der Waals surface area contributed by atoms with Gasteiger partial charge in [0.05, 0.1) is 6.04 Å². The average molecular weight is 366 g/mol. The molecule has 0 spiro atoms. The summed E-state index contributed by atoms with van der Waals surface area (Å²) in [5.74, 6) is 0.759. The summed E-state index contributed by atoms with van der Waals surface area (Å²) in [6.07, 6.45) is 0.946. The zero-order valence-corrected chi connectivity index (χ0v) is 14.1. The Balaban J connectivity index is 1.62. The lowest BCUT2D eigenvalue weighted by atomic mass is 10.0. The summed E-state index contributed by atoms with van der Waals surface area (Å²) in [5.41, 5.74) is 1.28. The van der Waals surface area contributed by atoms with E-state index in [1.165, 1.54) is 10.4 Å². The van der Waals surface area contributed by atoms with Gasteiger partial charge in [0.15, 0.2) is 6.61 Å². The second kappa shape index (κ2) is 6.20. The van der Waals surface area contributed by atoms with Crippen LogP contribution in [0.15, 0.2) is 40.2 Å². The molecule has 0 aliphatic carbocycles. The van der Waals surface area contributed by atoms with Crippen LogP contribution in [0.1, 0.15) is 23.4 Å². The first-order valence-electron chi connectivity index (χ1n) is 6.89. The Morgan fingerprint density at radius 1 is 1.38 bits per heavy atom. The zero-order chi connectivity index (χ0) is 14.8. The summed E-state index contributed by atoms with van der Waals surface area (Å²) in [7, 11) is 0. The molecule has 3 nitrogen and oxygen atoms in total. The minimum absolute atomic E-state index is 0.0438. The number of hydrogen-bond donors (Lipinski definition) is 0. The van der Waals surface area contributed by atoms with Crippen LogP contribution in [0.2, 0.25) is 0 Å². The molecule has 1 aliphatic heterocycles. The maximum atomic E-state index is 12.4. The number of carbonyl (C=O) groups excluding carboxylic acids is 1. The lowest BCUT2D eigenvalue weighted by Crippen LogP contribution is -2.40. The van der Waals surface area contributed by atoms with Gasteiger partial charge in [0.2, 0.25) is 0 Å². The number of rotatable bonds is 3. The Labute approximate surface area is 136 Å². The Morgan fingerprint density at radius 2 is 2.14 bits per heavy atom. The van der Waals surface area contributed by atoms with Gasteiger partial charge in [-0.05, 0) is 54.6 Å². The molecule has 0 N–H and O–H groups in total. The molecule has 0 saturated heterocycles. The zero-order valence-electron chi connectivity index (χ0n) is 11.7. The van der Waals surface area contributed by atoms with E-state index >= 15 is 0 Å². The van der Waals surface area contributed by atoms with Crippen LogP contribution >= 0.6 is 27.3 Å². The van der Waals surface area contributed by atoms with Crippen LogP contribution in [-0.4, -0.2) is 24.0 Å². The van der Waals surface area contributed by atoms with Crippen LogP contribution in [0.5, 0.6) is 5.75 Å². The van der Waals surface area contributed by atoms with Gasteiger partial charge in [0.1, 0.15) is 5.75 Å². The van der Waals surface area contributed by atoms with Crippen LogP contribution in [-0.2, 0) is 11.2 Å². The van der Waals surface area contributed by atoms with Gasteiger partial charge in [-0.3, -0.25) is 4.79 Å². The summed E-state index contributed by atoms with van der Waals surface area (Å²) in [6, 6.07) is 9.78. The van der Waals surface area contributed by atoms with Crippen LogP contribution in [0.25, 0.3) is 0 Å². The highest BCUT2D eigenvalue weighted by Gasteiger charge is 2.28. The first-order valence-corrected chi connectivity index (χ1v) is 8.56. The molecule has 3 rings (SSSR count). The molecular formula is C16H16BrNO2S. The molecule has 0 radical (unpaired) electrons. The van der Waals surface area contributed by atoms with Gasteiger partial charge in [-0.25, -0.2) is 0 Å². The lowest BCUT2D eigenvalue weighted by molar-refractivity contribution is -0.135. The van der Waals surface area contributed by atoms with Gasteiger partial charge in [-0.2, -0.15) is 0 Å². The van der Waals surface area contributed by atoms with E-state index in [0.29, 0.717) is 5.75 Å². The molecule has 0 saturated carbocycles. The van der Waals surface area contributed by atoms with Gasteiger partial charge in [0.25, 0.3) is 5.91 Å². The van der Waals surface area contributed by atoms with E-state index < -0.39 is 0 Å². The molecule has 1 aromatic heterocycles. The van der Waals surface area contributed by atoms with Gasteiger partial charge in [0, 0.05) is 15.9 Å². The average Bonchev–Trinajstić information content (AvgIpc) is 2.96. The van der Waals surface area contributed by atoms with Crippen molar-refractivity contribution in [2.45, 2.75) is 19.4 Å². The third-order valence-electron chi connectivity index (χ3n) is 3.77. The lowest BCUT2D eigenvalue weighted by Gasteiger charge is -2.33. The third-order valence-corrected chi connectivity index (χ3v) is 5.30. The van der Waals surface area contributed by atoms with E-state index in [1.54, 1.807) is 11.3 Å². The number of ether oxygens (including phenoxy) is 1. The van der Waals surface area contributed by atoms with Crippen molar-refractivity contribution in [3.05, 3.63) is 50.6 Å². The van der Waals surface area contributed by atoms with Crippen molar-refractivity contribution in [2.24, 2.45) is 0 Å². The molecule has 1 amide bonds. The number of nitrogens with zero attached hydrogens (tertiary/aromatic N) is 1. The van der Waals surface area contributed by atoms with Crippen LogP contribution < -0.4 is 4.74 Å². The van der Waals surface area contributed by atoms with Crippen molar-refractivity contribution >= 4 is 33.2 Å². The molecule has 1 unspecified atom stereocenters. The molecule has 0 bridgehead atoms. The minimum atomic E-state index is 0.0438. The summed E-state index contributed by atoms with van der Waals surface area (Å²) in [4.78, 5) is 15.7. The quantitative estimate of drug-likeness (QED) is 0.821. The summed E-state index contributed by atoms with van der Waals surface area (Å²) in [5, 5.41) is 2.10. The number of halogens is 1. The number of benzene rings is 1. The molecule has 0 fully saturated rings. The monoisotopic (exact) mass is 365 g/mol. The highest BCUT2D eigenvalue weighted by molar-refractivity contribution is 9.10. The Kier molecular flexibility index (Phi) is 4.31. The molecule has 110 valence electrons. The predicted octanol–water partition coefficient (Wildman–Crippen LogP) is 4.04. The van der Waals surface area contributed by atoms with Crippen LogP contribution in [0.4, 0.5) is 0 Å². The predicted molar refractivity (Wildman–Crippen MR) is 87.8 cm³/mol. The van der Waals surface area contributed by atoms with E-state index in [4.69, 9.17) is 4.74 Å². The number of thiophene rings is 1. The maximum absolute atomic E-state index is 12.4. The van der Waals surface area contributed by atoms with E-state index in [1.807, 2.05) is 29.2 Å². The normalized spacial score (nSPS) is 17.4. The third kappa shape index (κ3) is 3.14. The van der Waals surface area contributed by atoms with Crippen molar-refractivity contribution in [3.8, 4) is 5.75 Å². The number of amides is 1. The number of carbonyl (C=O) groups is 1. The molecule has 1 aromatic carbocycles. The topological polar surface area (TPSA) is 29.5 Å². The van der Waals surface area contributed by atoms with Gasteiger partial charge < -0.3 is 9.64 Å². The van der Waals surface area contributed by atoms with Crippen molar-refractivity contribution in [2.75, 3.05) is 13.2 Å². The summed E-state index contributed by atoms with van der Waals surface area (Å²) >= 11 is 5.16. The summed E-state index contributed by atoms with van der Waals surface area (Å²) < 4.78 is 6.58. The van der Waals surface area contributed by atoms with Gasteiger partial charge >= 0.3 is 0 Å². The first-order chi connectivity index (χ1) is 10.1. The Morgan fingerprint density at radius 3 is 2.90 bits per heavy atom. The fourth-order valence-electron chi connectivity index (χ4n) is 2.61. The second-order valence-corrected chi connectivity index (χ2v) is 6.97. The largest absolute Gasteiger partial charge is 0.484 e. The Hall–Kier alpha value is -1.33. The fourth-order valence-corrected chi connectivity index (χ4v) is 3.84. The van der Waals surface area contributed by atoms with Crippen molar-refractivity contribution in [1.29, 1.82) is 0 Å². The Bertz CT molecular complexity index is 638. The molecule has 21 heavy (non-hydrogen) atoms. The molecule has 1 aliphatic rings. The van der Waals surface area contributed by atoms with Crippen molar-refractivity contribution in [3.63, 3.8) is 0 Å². The minimum Gasteiger partial charge on any atom is -0.484 e. The van der Waals surface area contributed by atoms with E-state index in [0.717, 1.165) is 17.4 Å². The smallest absolute Gasteiger partial charge is 0.261 e. The summed E-state index contributed by atoms with van der Waals surface area (Å²) in [6.45, 7) is 2.95. The molecular weight excluding hydrogens is 350 g/mol. The molecule has 1 atom stereocenters. The standard InChI is InChI=1S/C16H16BrNO2S/c1-11-14-7-9-21-15(14)6-8-18(11)16(19)10-20-13-4-2-12(17)3-5-13/h2-5,7,9,11H,6,8,10H2,1H3. The van der Waals surface area contributed by atoms with E-state index in [2.05, 4.69) is 34.3 Å². The first kappa shape index (κ1) is 14.6.